The van der Waals surface area contributed by atoms with Crippen molar-refractivity contribution in [3.8, 4) is 11.1 Å². The van der Waals surface area contributed by atoms with Gasteiger partial charge in [0, 0.05) is 49.8 Å². The first kappa shape index (κ1) is 110. The van der Waals surface area contributed by atoms with E-state index in [4.69, 9.17) is 43.6 Å². The summed E-state index contributed by atoms with van der Waals surface area (Å²) in [5.41, 5.74) is 0.336. The molecule has 0 aromatic heterocycles. The van der Waals surface area contributed by atoms with Gasteiger partial charge in [-0.15, -0.1) is 0 Å². The van der Waals surface area contributed by atoms with Crippen LogP contribution >= 0.6 is 0 Å². The van der Waals surface area contributed by atoms with Gasteiger partial charge in [-0.1, -0.05) is 171 Å². The van der Waals surface area contributed by atoms with E-state index < -0.39 is 265 Å². The second-order valence-corrected chi connectivity index (χ2v) is 39.9. The first-order valence-corrected chi connectivity index (χ1v) is 48.1. The average molecular weight is 1990 g/mol. The van der Waals surface area contributed by atoms with Crippen LogP contribution in [0.3, 0.4) is 0 Å². The Kier molecular flexibility index (Phi) is 36.0. The van der Waals surface area contributed by atoms with Gasteiger partial charge in [0.05, 0.1) is 42.7 Å². The highest BCUT2D eigenvalue weighted by Gasteiger charge is 2.78. The number of fused-ring (bicyclic) bond motifs is 8. The lowest BCUT2D eigenvalue weighted by Crippen LogP contribution is -2.81. The van der Waals surface area contributed by atoms with Gasteiger partial charge < -0.3 is 117 Å². The molecule has 2 heterocycles. The Balaban J connectivity index is 0.689. The Morgan fingerprint density at radius 1 is 0.643 bits per heavy atom. The summed E-state index contributed by atoms with van der Waals surface area (Å²) in [6.45, 7) is 20.7. The number of nitrogens with one attached hydrogen (secondary N) is 10. The van der Waals surface area contributed by atoms with E-state index in [2.05, 4.69) is 53.2 Å². The van der Waals surface area contributed by atoms with Gasteiger partial charge in [0.25, 0.3) is 0 Å². The van der Waals surface area contributed by atoms with Gasteiger partial charge in [-0.3, -0.25) is 57.5 Å². The molecule has 772 valence electrons. The predicted molar refractivity (Wildman–Crippen MR) is 514 cm³/mol. The molecule has 2 saturated carbocycles. The number of anilines is 1. The fraction of sp³-hybridized carbons (Fsp3) is 0.524. The van der Waals surface area contributed by atoms with Crippen LogP contribution in [0.5, 0.6) is 0 Å². The summed E-state index contributed by atoms with van der Waals surface area (Å²) in [5, 5.41) is 64.7. The number of rotatable bonds is 40. The molecule has 4 aliphatic carbocycles. The standard InChI is InChI=1S/C103H132N12O28/c1-16-56(6)81(113-78(120)49-106-89(125)70(44-54(2)3)112-92(128)72-36-27-43-115(72)79(121)50-107-96(132)136-52-68-66-34-25-23-32-64(66)65-33-24-26-35-67(65)68)93(129)108-58(8)88(124)105-48-77(119)110-69(41-42-76(104)118)90(126)111-71(45-55(4)5)91(127)109-63-39-37-60(38-40-63)51-137-98(134)140-84(82(61-28-19-17-20-29-61)114-97(133)143-99(10,11)12)95(131)139-73-47-103(135)87(141-94(130)62-30-21-18-22-31-62)85-101(15,86(123)83(122)80(57(73)7)100(103,13)14)74(117)46-75-102(85,53-138-75)142-59(9)116/h17-26,28-35,37-40,54-56,58,68-75,81-85,87,117,122,135H,16,27,36,41-53H2,1-15H3,(H2,104,118)(H,105,124)(H,106,125)(H,107,132)(H,108,129)(H,109,127)(H,110,119)(H,111,126)(H,112,128)(H,113,120)(H,114,133)/t56-,58-,69-,70-,71-,72-,73-,74-,75+,81-,82-,83+,84+,85-,87-,101+,102-,103+/m0/s1. The second kappa shape index (κ2) is 47.0. The van der Waals surface area contributed by atoms with Crippen molar-refractivity contribution >= 4 is 107 Å². The molecule has 0 radical (unpaired) electrons. The van der Waals surface area contributed by atoms with Crippen LogP contribution in [0.15, 0.2) is 145 Å². The molecular formula is C103H132N12O28. The summed E-state index contributed by atoms with van der Waals surface area (Å²) in [5.74, 6) is -15.1. The quantitative estimate of drug-likeness (QED) is 0.0118. The van der Waals surface area contributed by atoms with Crippen molar-refractivity contribution in [1.29, 1.82) is 0 Å². The summed E-state index contributed by atoms with van der Waals surface area (Å²) in [7, 11) is 0. The third kappa shape index (κ3) is 26.0. The molecule has 2 bridgehead atoms. The van der Waals surface area contributed by atoms with E-state index in [1.165, 1.54) is 88.0 Å². The van der Waals surface area contributed by atoms with E-state index in [9.17, 15) is 87.2 Å². The summed E-state index contributed by atoms with van der Waals surface area (Å²) in [6, 6.07) is 27.4. The van der Waals surface area contributed by atoms with Crippen LogP contribution in [0.2, 0.25) is 0 Å². The molecule has 12 amide bonds. The number of amides is 12. The number of carbonyl (C=O) groups excluding carboxylic acids is 17. The molecule has 5 aromatic rings. The first-order valence-electron chi connectivity index (χ1n) is 48.1. The molecular weight excluding hydrogens is 1850 g/mol. The number of likely N-dealkylation sites (tertiary alicyclic amines) is 1. The van der Waals surface area contributed by atoms with Gasteiger partial charge in [0.2, 0.25) is 65.2 Å². The SMILES string of the molecule is CC[C@H](C)[C@H](NC(=O)CNC(=O)[C@H](CC(C)C)NC(=O)[C@@H]1CCCN1C(=O)CNC(=O)OCC1c2ccccc2-c2ccccc21)C(=O)N[C@@H](C)C(=O)NCC(=O)N[C@@H](CCC(N)=O)C(=O)N[C@@H](CC(C)C)C(=O)Nc1ccc(COC(=O)O[C@@H](C(=O)O[C@H]2C[C@@]3(O)[C@@H](OC(=O)c4ccccc4)[C@@H]4[C@]5(OC(C)=O)CO[C@@H]5C[C@H](O)[C@@]4(C)C(=O)[C@H](O)C(=C2C)C3(C)C)[C@@H](NC(=O)OC(C)(C)C)c2ccccc2)cc1. The monoisotopic (exact) mass is 1980 g/mol. The van der Waals surface area contributed by atoms with E-state index in [-0.39, 0.29) is 96.5 Å². The van der Waals surface area contributed by atoms with Crippen LogP contribution in [0.1, 0.15) is 206 Å². The Morgan fingerprint density at radius 2 is 1.24 bits per heavy atom. The summed E-state index contributed by atoms with van der Waals surface area (Å²) in [4.78, 5) is 238. The Labute approximate surface area is 828 Å². The molecule has 11 rings (SSSR count). The number of aliphatic hydroxyl groups excluding tert-OH is 2. The Bertz CT molecular complexity index is 5550. The number of Topliss-reactive ketones (excluding diaryl/α,β-unsaturated/α-hetero) is 1. The number of ketones is 1. The molecule has 4 fully saturated rings. The smallest absolute Gasteiger partial charge is 0.455 e. The number of nitrogens with two attached hydrogens (primary N) is 1. The molecule has 40 nitrogen and oxygen atoms in total. The fourth-order valence-corrected chi connectivity index (χ4v) is 19.7. The largest absolute Gasteiger partial charge is 0.509 e. The summed E-state index contributed by atoms with van der Waals surface area (Å²) < 4.78 is 47.6. The lowest BCUT2D eigenvalue weighted by molar-refractivity contribution is -0.346. The number of hydrogen-bond acceptors (Lipinski definition) is 28. The molecule has 15 N–H and O–H groups in total. The number of hydrogen-bond donors (Lipinski definition) is 14. The highest BCUT2D eigenvalue weighted by Crippen LogP contribution is 2.64. The highest BCUT2D eigenvalue weighted by atomic mass is 16.7. The number of carbonyl (C=O) groups is 17. The number of esters is 3. The number of alkyl carbamates (subject to hydrolysis) is 2. The van der Waals surface area contributed by atoms with Gasteiger partial charge in [0.1, 0.15) is 97.7 Å². The maximum absolute atomic E-state index is 15.6. The Hall–Kier alpha value is -13.7. The molecule has 2 saturated heterocycles. The third-order valence-electron chi connectivity index (χ3n) is 27.4. The molecule has 2 aliphatic heterocycles. The van der Waals surface area contributed by atoms with E-state index in [1.807, 2.05) is 62.4 Å². The van der Waals surface area contributed by atoms with Crippen molar-refractivity contribution in [1.82, 2.24) is 52.8 Å². The topological polar surface area (TPSA) is 574 Å². The maximum atomic E-state index is 15.6. The molecule has 40 heteroatoms. The van der Waals surface area contributed by atoms with E-state index in [0.717, 1.165) is 29.2 Å². The maximum Gasteiger partial charge on any atom is 0.509 e. The first-order chi connectivity index (χ1) is 67.5. The zero-order valence-electron chi connectivity index (χ0n) is 83.0. The van der Waals surface area contributed by atoms with Crippen LogP contribution in [0.25, 0.3) is 11.1 Å². The second-order valence-electron chi connectivity index (χ2n) is 39.9. The molecule has 18 atom stereocenters. The van der Waals surface area contributed by atoms with E-state index in [1.54, 1.807) is 84.9 Å². The van der Waals surface area contributed by atoms with Crippen molar-refractivity contribution in [3.63, 3.8) is 0 Å². The number of nitrogens with zero attached hydrogens (tertiary/aromatic N) is 1. The van der Waals surface area contributed by atoms with Gasteiger partial charge >= 0.3 is 36.2 Å². The highest BCUT2D eigenvalue weighted by molar-refractivity contribution is 6.01. The van der Waals surface area contributed by atoms with Crippen LogP contribution in [0.4, 0.5) is 20.1 Å². The number of benzene rings is 5. The molecule has 6 aliphatic rings. The average Bonchev–Trinajstić information content (AvgIpc) is 1.45. The normalized spacial score (nSPS) is 23.0. The molecule has 0 spiro atoms. The van der Waals surface area contributed by atoms with Crippen LogP contribution in [-0.2, 0) is 107 Å². The molecule has 143 heavy (non-hydrogen) atoms. The van der Waals surface area contributed by atoms with E-state index in [0.29, 0.717) is 12.8 Å². The zero-order chi connectivity index (χ0) is 105. The van der Waals surface area contributed by atoms with Crippen molar-refractivity contribution < 1.29 is 135 Å². The van der Waals surface area contributed by atoms with Gasteiger partial charge in [-0.05, 0) is 160 Å². The number of aliphatic hydroxyl groups is 3. The van der Waals surface area contributed by atoms with Gasteiger partial charge in [0.15, 0.2) is 11.4 Å². The molecule has 5 aromatic carbocycles. The molecule has 0 unspecified atom stereocenters. The minimum Gasteiger partial charge on any atom is -0.455 e. The minimum absolute atomic E-state index is 0.000282. The van der Waals surface area contributed by atoms with Crippen LogP contribution in [-0.4, -0.2) is 250 Å². The Morgan fingerprint density at radius 3 is 1.83 bits per heavy atom. The fourth-order valence-electron chi connectivity index (χ4n) is 19.7. The van der Waals surface area contributed by atoms with Crippen LogP contribution in [0, 0.1) is 34.5 Å². The predicted octanol–water partition coefficient (Wildman–Crippen LogP) is 6.17. The van der Waals surface area contributed by atoms with Crippen molar-refractivity contribution in [2.45, 2.75) is 270 Å². The summed E-state index contributed by atoms with van der Waals surface area (Å²) in [6.07, 6.45) is -15.0. The van der Waals surface area contributed by atoms with E-state index >= 15 is 9.59 Å². The van der Waals surface area contributed by atoms with Gasteiger partial charge in [-0.2, -0.15) is 0 Å². The van der Waals surface area contributed by atoms with Crippen LogP contribution < -0.4 is 58.9 Å². The number of ether oxygens (including phenoxy) is 8. The van der Waals surface area contributed by atoms with Crippen molar-refractivity contribution in [3.05, 3.63) is 172 Å². The third-order valence-corrected chi connectivity index (χ3v) is 27.4. The van der Waals surface area contributed by atoms with Crippen molar-refractivity contribution in [2.24, 2.45) is 40.2 Å². The van der Waals surface area contributed by atoms with Gasteiger partial charge in [-0.25, -0.2) is 24.0 Å². The lowest BCUT2D eigenvalue weighted by Gasteiger charge is -2.67. The zero-order valence-corrected chi connectivity index (χ0v) is 83.0. The lowest BCUT2D eigenvalue weighted by atomic mass is 9.44. The summed E-state index contributed by atoms with van der Waals surface area (Å²) >= 11 is 0. The number of primary amides is 1. The van der Waals surface area contributed by atoms with Crippen molar-refractivity contribution in [2.75, 3.05) is 44.7 Å². The minimum atomic E-state index is -2.58.